The zero-order valence-corrected chi connectivity index (χ0v) is 12.7. The van der Waals surface area contributed by atoms with E-state index < -0.39 is 17.7 Å². The van der Waals surface area contributed by atoms with Gasteiger partial charge in [0, 0.05) is 10.7 Å². The van der Waals surface area contributed by atoms with E-state index in [1.807, 2.05) is 0 Å². The Labute approximate surface area is 119 Å². The molecule has 0 radical (unpaired) electrons. The predicted octanol–water partition coefficient (Wildman–Crippen LogP) is 2.98. The lowest BCUT2D eigenvalue weighted by Gasteiger charge is -2.19. The number of amides is 1. The first-order chi connectivity index (χ1) is 8.73. The topological polar surface area (TPSA) is 77.5 Å². The maximum Gasteiger partial charge on any atom is 0.413 e. The Morgan fingerprint density at radius 3 is 2.53 bits per heavy atom. The molecule has 1 N–H and O–H groups in total. The summed E-state index contributed by atoms with van der Waals surface area (Å²) in [6.07, 6.45) is 0.770. The molecule has 0 spiro atoms. The van der Waals surface area contributed by atoms with E-state index in [1.165, 1.54) is 19.4 Å². The molecule has 0 saturated carbocycles. The Morgan fingerprint density at radius 1 is 1.37 bits per heavy atom. The Kier molecular flexibility index (Phi) is 4.88. The van der Waals surface area contributed by atoms with Crippen molar-refractivity contribution in [3.63, 3.8) is 0 Å². The van der Waals surface area contributed by atoms with Gasteiger partial charge >= 0.3 is 12.1 Å². The Bertz CT molecular complexity index is 497. The van der Waals surface area contributed by atoms with E-state index in [0.29, 0.717) is 4.47 Å². The van der Waals surface area contributed by atoms with Crippen LogP contribution in [0.25, 0.3) is 0 Å². The largest absolute Gasteiger partial charge is 0.465 e. The molecule has 0 fully saturated rings. The standard InChI is InChI=1S/C12H15BrN2O4/c1-12(2,3)19-11(17)15-9-8(10(16)18-4)5-7(13)6-14-9/h5-6H,1-4H3,(H,14,15,17). The van der Waals surface area contributed by atoms with Crippen molar-refractivity contribution < 1.29 is 19.1 Å². The van der Waals surface area contributed by atoms with Crippen LogP contribution >= 0.6 is 15.9 Å². The van der Waals surface area contributed by atoms with Crippen molar-refractivity contribution in [1.29, 1.82) is 0 Å². The Morgan fingerprint density at radius 2 is 2.00 bits per heavy atom. The maximum atomic E-state index is 11.6. The van der Waals surface area contributed by atoms with E-state index in [0.717, 1.165) is 0 Å². The number of nitrogens with one attached hydrogen (secondary N) is 1. The van der Waals surface area contributed by atoms with Gasteiger partial charge in [0.25, 0.3) is 0 Å². The van der Waals surface area contributed by atoms with Gasteiger partial charge in [-0.3, -0.25) is 5.32 Å². The molecule has 0 aliphatic carbocycles. The molecule has 0 aliphatic rings. The van der Waals surface area contributed by atoms with Gasteiger partial charge in [0.05, 0.1) is 7.11 Å². The summed E-state index contributed by atoms with van der Waals surface area (Å²) in [5.41, 5.74) is -0.493. The minimum Gasteiger partial charge on any atom is -0.465 e. The van der Waals surface area contributed by atoms with Crippen LogP contribution in [0.4, 0.5) is 10.6 Å². The summed E-state index contributed by atoms with van der Waals surface area (Å²) >= 11 is 3.19. The molecule has 1 aromatic rings. The van der Waals surface area contributed by atoms with Crippen molar-refractivity contribution in [2.45, 2.75) is 26.4 Å². The van der Waals surface area contributed by atoms with Crippen LogP contribution in [-0.2, 0) is 9.47 Å². The normalized spacial score (nSPS) is 10.8. The maximum absolute atomic E-state index is 11.6. The predicted molar refractivity (Wildman–Crippen MR) is 73.1 cm³/mol. The number of methoxy groups -OCH3 is 1. The Hall–Kier alpha value is -1.63. The number of carbonyl (C=O) groups excluding carboxylic acids is 2. The van der Waals surface area contributed by atoms with Crippen LogP contribution in [0.2, 0.25) is 0 Å². The Balaban J connectivity index is 2.95. The smallest absolute Gasteiger partial charge is 0.413 e. The SMILES string of the molecule is COC(=O)c1cc(Br)cnc1NC(=O)OC(C)(C)C. The van der Waals surface area contributed by atoms with E-state index in [9.17, 15) is 9.59 Å². The van der Waals surface area contributed by atoms with Crippen molar-refractivity contribution in [1.82, 2.24) is 4.98 Å². The second-order valence-corrected chi connectivity index (χ2v) is 5.58. The van der Waals surface area contributed by atoms with Crippen LogP contribution in [0.3, 0.4) is 0 Å². The zero-order valence-electron chi connectivity index (χ0n) is 11.1. The molecule has 0 atom stereocenters. The van der Waals surface area contributed by atoms with Gasteiger partial charge < -0.3 is 9.47 Å². The van der Waals surface area contributed by atoms with Crippen molar-refractivity contribution in [3.05, 3.63) is 22.3 Å². The fourth-order valence-corrected chi connectivity index (χ4v) is 1.54. The summed E-state index contributed by atoms with van der Waals surface area (Å²) in [5.74, 6) is -0.510. The van der Waals surface area contributed by atoms with Crippen LogP contribution in [0.15, 0.2) is 16.7 Å². The molecule has 0 saturated heterocycles. The van der Waals surface area contributed by atoms with Crippen molar-refractivity contribution >= 4 is 33.8 Å². The first-order valence-corrected chi connectivity index (χ1v) is 6.26. The summed E-state index contributed by atoms with van der Waals surface area (Å²) in [5, 5.41) is 2.42. The van der Waals surface area contributed by atoms with E-state index in [1.54, 1.807) is 20.8 Å². The highest BCUT2D eigenvalue weighted by Gasteiger charge is 2.20. The average Bonchev–Trinajstić information content (AvgIpc) is 2.28. The molecule has 0 bridgehead atoms. The van der Waals surface area contributed by atoms with Gasteiger partial charge in [-0.1, -0.05) is 0 Å². The van der Waals surface area contributed by atoms with Gasteiger partial charge in [-0.2, -0.15) is 0 Å². The number of anilines is 1. The third-order valence-electron chi connectivity index (χ3n) is 1.88. The van der Waals surface area contributed by atoms with Crippen LogP contribution in [-0.4, -0.2) is 29.8 Å². The number of pyridine rings is 1. The van der Waals surface area contributed by atoms with Gasteiger partial charge in [-0.25, -0.2) is 14.6 Å². The molecule has 1 amide bonds. The highest BCUT2D eigenvalue weighted by Crippen LogP contribution is 2.19. The molecular formula is C12H15BrN2O4. The van der Waals surface area contributed by atoms with Crippen LogP contribution < -0.4 is 5.32 Å². The summed E-state index contributed by atoms with van der Waals surface area (Å²) < 4.78 is 10.3. The number of ether oxygens (including phenoxy) is 2. The molecular weight excluding hydrogens is 316 g/mol. The zero-order chi connectivity index (χ0) is 14.6. The molecule has 6 nitrogen and oxygen atoms in total. The first kappa shape index (κ1) is 15.4. The van der Waals surface area contributed by atoms with E-state index in [2.05, 4.69) is 31.0 Å². The lowest BCUT2D eigenvalue weighted by Crippen LogP contribution is -2.28. The highest BCUT2D eigenvalue weighted by molar-refractivity contribution is 9.10. The molecule has 1 heterocycles. The number of rotatable bonds is 2. The molecule has 7 heteroatoms. The molecule has 19 heavy (non-hydrogen) atoms. The van der Waals surface area contributed by atoms with E-state index >= 15 is 0 Å². The molecule has 0 unspecified atom stereocenters. The molecule has 0 aliphatic heterocycles. The lowest BCUT2D eigenvalue weighted by molar-refractivity contribution is 0.0601. The van der Waals surface area contributed by atoms with Crippen molar-refractivity contribution in [2.24, 2.45) is 0 Å². The third kappa shape index (κ3) is 4.86. The summed E-state index contributed by atoms with van der Waals surface area (Å²) in [6, 6.07) is 1.51. The minimum absolute atomic E-state index is 0.0873. The van der Waals surface area contributed by atoms with E-state index in [-0.39, 0.29) is 11.4 Å². The number of nitrogens with zero attached hydrogens (tertiary/aromatic N) is 1. The number of esters is 1. The number of aromatic nitrogens is 1. The number of halogens is 1. The number of hydrogen-bond acceptors (Lipinski definition) is 5. The molecule has 1 aromatic heterocycles. The summed E-state index contributed by atoms with van der Waals surface area (Å²) in [7, 11) is 1.25. The average molecular weight is 331 g/mol. The second-order valence-electron chi connectivity index (χ2n) is 4.67. The van der Waals surface area contributed by atoms with Gasteiger partial charge in [-0.05, 0) is 42.8 Å². The van der Waals surface area contributed by atoms with Gasteiger partial charge in [0.1, 0.15) is 17.0 Å². The van der Waals surface area contributed by atoms with Crippen molar-refractivity contribution in [3.8, 4) is 0 Å². The second kappa shape index (κ2) is 6.01. The van der Waals surface area contributed by atoms with Crippen LogP contribution in [0.1, 0.15) is 31.1 Å². The number of carbonyl (C=O) groups is 2. The van der Waals surface area contributed by atoms with Gasteiger partial charge in [0.2, 0.25) is 0 Å². The van der Waals surface area contributed by atoms with Crippen LogP contribution in [0.5, 0.6) is 0 Å². The highest BCUT2D eigenvalue weighted by atomic mass is 79.9. The first-order valence-electron chi connectivity index (χ1n) is 5.47. The van der Waals surface area contributed by atoms with E-state index in [4.69, 9.17) is 4.74 Å². The van der Waals surface area contributed by atoms with Gasteiger partial charge in [0.15, 0.2) is 0 Å². The molecule has 1 rings (SSSR count). The van der Waals surface area contributed by atoms with Crippen LogP contribution in [0, 0.1) is 0 Å². The monoisotopic (exact) mass is 330 g/mol. The molecule has 104 valence electrons. The fourth-order valence-electron chi connectivity index (χ4n) is 1.20. The number of hydrogen-bond donors (Lipinski definition) is 1. The van der Waals surface area contributed by atoms with Gasteiger partial charge in [-0.15, -0.1) is 0 Å². The quantitative estimate of drug-likeness (QED) is 0.843. The minimum atomic E-state index is -0.688. The summed E-state index contributed by atoms with van der Waals surface area (Å²) in [6.45, 7) is 5.22. The van der Waals surface area contributed by atoms with Crippen molar-refractivity contribution in [2.75, 3.05) is 12.4 Å². The third-order valence-corrected chi connectivity index (χ3v) is 2.31. The lowest BCUT2D eigenvalue weighted by atomic mass is 10.2. The summed E-state index contributed by atoms with van der Waals surface area (Å²) in [4.78, 5) is 27.2. The molecule has 0 aromatic carbocycles. The fraction of sp³-hybridized carbons (Fsp3) is 0.417.